The summed E-state index contributed by atoms with van der Waals surface area (Å²) in [7, 11) is 0. The van der Waals surface area contributed by atoms with E-state index in [0.717, 1.165) is 16.9 Å². The van der Waals surface area contributed by atoms with Crippen molar-refractivity contribution in [3.63, 3.8) is 0 Å². The van der Waals surface area contributed by atoms with Gasteiger partial charge in [-0.25, -0.2) is 4.39 Å². The van der Waals surface area contributed by atoms with Crippen LogP contribution in [-0.2, 0) is 0 Å². The van der Waals surface area contributed by atoms with E-state index in [9.17, 15) is 9.18 Å². The van der Waals surface area contributed by atoms with Gasteiger partial charge >= 0.3 is 0 Å². The number of aryl methyl sites for hydroxylation is 1. The third-order valence-electron chi connectivity index (χ3n) is 4.48. The molecular formula is C24H19FN4O. The first-order valence-corrected chi connectivity index (χ1v) is 9.42. The zero-order valence-electron chi connectivity index (χ0n) is 16.3. The monoisotopic (exact) mass is 398 g/mol. The quantitative estimate of drug-likeness (QED) is 0.460. The summed E-state index contributed by atoms with van der Waals surface area (Å²) in [6, 6.07) is 24.5. The van der Waals surface area contributed by atoms with Gasteiger partial charge in [0.05, 0.1) is 5.69 Å². The summed E-state index contributed by atoms with van der Waals surface area (Å²) in [5, 5.41) is 14.3. The van der Waals surface area contributed by atoms with E-state index in [4.69, 9.17) is 0 Å². The van der Waals surface area contributed by atoms with Crippen LogP contribution in [0, 0.1) is 12.7 Å². The lowest BCUT2D eigenvalue weighted by Gasteiger charge is -2.08. The van der Waals surface area contributed by atoms with Crippen LogP contribution in [0.4, 0.5) is 21.6 Å². The second kappa shape index (κ2) is 8.53. The number of rotatable bonds is 5. The van der Waals surface area contributed by atoms with Crippen molar-refractivity contribution in [2.45, 2.75) is 6.92 Å². The lowest BCUT2D eigenvalue weighted by molar-refractivity contribution is 0.102. The van der Waals surface area contributed by atoms with E-state index < -0.39 is 0 Å². The van der Waals surface area contributed by atoms with Crippen LogP contribution >= 0.6 is 0 Å². The van der Waals surface area contributed by atoms with Crippen LogP contribution in [-0.4, -0.2) is 16.1 Å². The average molecular weight is 398 g/mol. The van der Waals surface area contributed by atoms with Gasteiger partial charge in [0, 0.05) is 22.5 Å². The Morgan fingerprint density at radius 2 is 1.63 bits per heavy atom. The molecule has 0 aliphatic rings. The van der Waals surface area contributed by atoms with E-state index in [1.54, 1.807) is 48.5 Å². The van der Waals surface area contributed by atoms with E-state index in [-0.39, 0.29) is 11.7 Å². The molecule has 5 nitrogen and oxygen atoms in total. The van der Waals surface area contributed by atoms with Crippen molar-refractivity contribution in [2.24, 2.45) is 0 Å². The second-order valence-electron chi connectivity index (χ2n) is 6.84. The zero-order valence-corrected chi connectivity index (χ0v) is 16.3. The molecule has 0 saturated heterocycles. The summed E-state index contributed by atoms with van der Waals surface area (Å²) < 4.78 is 13.4. The van der Waals surface area contributed by atoms with Crippen LogP contribution in [0.15, 0.2) is 84.9 Å². The lowest BCUT2D eigenvalue weighted by atomic mass is 10.1. The summed E-state index contributed by atoms with van der Waals surface area (Å²) in [4.78, 5) is 12.4. The van der Waals surface area contributed by atoms with Crippen molar-refractivity contribution >= 4 is 23.1 Å². The number of hydrogen-bond donors (Lipinski definition) is 2. The average Bonchev–Trinajstić information content (AvgIpc) is 2.75. The molecule has 6 heteroatoms. The number of nitrogens with zero attached hydrogens (tertiary/aromatic N) is 2. The molecule has 1 amide bonds. The van der Waals surface area contributed by atoms with Crippen LogP contribution in [0.3, 0.4) is 0 Å². The van der Waals surface area contributed by atoms with E-state index in [2.05, 4.69) is 20.8 Å². The van der Waals surface area contributed by atoms with Crippen molar-refractivity contribution in [3.8, 4) is 11.3 Å². The molecule has 4 aromatic rings. The number of halogens is 1. The van der Waals surface area contributed by atoms with Gasteiger partial charge in [-0.15, -0.1) is 10.2 Å². The number of anilines is 3. The minimum Gasteiger partial charge on any atom is -0.339 e. The van der Waals surface area contributed by atoms with Gasteiger partial charge in [-0.3, -0.25) is 4.79 Å². The maximum absolute atomic E-state index is 13.4. The molecular weight excluding hydrogens is 379 g/mol. The third-order valence-corrected chi connectivity index (χ3v) is 4.48. The van der Waals surface area contributed by atoms with Gasteiger partial charge in [-0.2, -0.15) is 0 Å². The Morgan fingerprint density at radius 1 is 0.833 bits per heavy atom. The van der Waals surface area contributed by atoms with Gasteiger partial charge in [0.2, 0.25) is 0 Å². The van der Waals surface area contributed by atoms with Crippen molar-refractivity contribution in [2.75, 3.05) is 10.6 Å². The SMILES string of the molecule is Cc1cccc(NC(=O)c2ccc(Nc3ccc(-c4cccc(F)c4)nn3)cc2)c1. The van der Waals surface area contributed by atoms with Gasteiger partial charge in [0.15, 0.2) is 5.82 Å². The number of carbonyl (C=O) groups excluding carboxylic acids is 1. The van der Waals surface area contributed by atoms with E-state index in [1.165, 1.54) is 12.1 Å². The molecule has 148 valence electrons. The van der Waals surface area contributed by atoms with Crippen LogP contribution < -0.4 is 10.6 Å². The third kappa shape index (κ3) is 4.67. The summed E-state index contributed by atoms with van der Waals surface area (Å²) >= 11 is 0. The molecule has 30 heavy (non-hydrogen) atoms. The zero-order chi connectivity index (χ0) is 20.9. The molecule has 3 aromatic carbocycles. The van der Waals surface area contributed by atoms with Gasteiger partial charge in [-0.1, -0.05) is 24.3 Å². The predicted octanol–water partition coefficient (Wildman–Crippen LogP) is 5.59. The van der Waals surface area contributed by atoms with Gasteiger partial charge in [-0.05, 0) is 73.2 Å². The second-order valence-corrected chi connectivity index (χ2v) is 6.84. The van der Waals surface area contributed by atoms with Gasteiger partial charge in [0.1, 0.15) is 5.82 Å². The maximum atomic E-state index is 13.4. The largest absolute Gasteiger partial charge is 0.339 e. The summed E-state index contributed by atoms with van der Waals surface area (Å²) in [5.41, 5.74) is 4.42. The van der Waals surface area contributed by atoms with Crippen LogP contribution in [0.1, 0.15) is 15.9 Å². The molecule has 0 atom stereocenters. The fourth-order valence-corrected chi connectivity index (χ4v) is 2.98. The highest BCUT2D eigenvalue weighted by molar-refractivity contribution is 6.04. The first kappa shape index (κ1) is 19.3. The van der Waals surface area contributed by atoms with Crippen molar-refractivity contribution in [1.82, 2.24) is 10.2 Å². The smallest absolute Gasteiger partial charge is 0.255 e. The number of aromatic nitrogens is 2. The van der Waals surface area contributed by atoms with Crippen LogP contribution in [0.25, 0.3) is 11.3 Å². The molecule has 1 aromatic heterocycles. The molecule has 0 aliphatic heterocycles. The molecule has 0 fully saturated rings. The number of hydrogen-bond acceptors (Lipinski definition) is 4. The first-order chi connectivity index (χ1) is 14.6. The Morgan fingerprint density at radius 3 is 2.33 bits per heavy atom. The number of amides is 1. The molecule has 0 aliphatic carbocycles. The molecule has 0 spiro atoms. The fraction of sp³-hybridized carbons (Fsp3) is 0.0417. The Labute approximate surface area is 173 Å². The number of carbonyl (C=O) groups is 1. The first-order valence-electron chi connectivity index (χ1n) is 9.42. The van der Waals surface area contributed by atoms with Crippen LogP contribution in [0.5, 0.6) is 0 Å². The van der Waals surface area contributed by atoms with Crippen molar-refractivity contribution in [3.05, 3.63) is 102 Å². The summed E-state index contributed by atoms with van der Waals surface area (Å²) in [5.74, 6) is 0.0570. The molecule has 0 saturated carbocycles. The van der Waals surface area contributed by atoms with Crippen molar-refractivity contribution in [1.29, 1.82) is 0 Å². The normalized spacial score (nSPS) is 10.5. The van der Waals surface area contributed by atoms with E-state index in [1.807, 2.05) is 31.2 Å². The Hall–Kier alpha value is -4.06. The van der Waals surface area contributed by atoms with Gasteiger partial charge in [0.25, 0.3) is 5.91 Å². The molecule has 0 radical (unpaired) electrons. The topological polar surface area (TPSA) is 66.9 Å². The highest BCUT2D eigenvalue weighted by Gasteiger charge is 2.07. The highest BCUT2D eigenvalue weighted by Crippen LogP contribution is 2.20. The molecule has 0 unspecified atom stereocenters. The molecule has 4 rings (SSSR count). The highest BCUT2D eigenvalue weighted by atomic mass is 19.1. The Bertz CT molecular complexity index is 1170. The van der Waals surface area contributed by atoms with E-state index >= 15 is 0 Å². The number of benzene rings is 3. The summed E-state index contributed by atoms with van der Waals surface area (Å²) in [6.07, 6.45) is 0. The standard InChI is InChI=1S/C24H19FN4O/c1-16-4-2-7-21(14-16)27-24(30)17-8-10-20(11-9-17)26-23-13-12-22(28-29-23)18-5-3-6-19(25)15-18/h2-15H,1H3,(H,26,29)(H,27,30). The van der Waals surface area contributed by atoms with Crippen LogP contribution in [0.2, 0.25) is 0 Å². The number of nitrogens with one attached hydrogen (secondary N) is 2. The molecule has 0 bridgehead atoms. The van der Waals surface area contributed by atoms with Crippen molar-refractivity contribution < 1.29 is 9.18 Å². The van der Waals surface area contributed by atoms with E-state index in [0.29, 0.717) is 22.6 Å². The molecule has 1 heterocycles. The predicted molar refractivity (Wildman–Crippen MR) is 116 cm³/mol. The lowest BCUT2D eigenvalue weighted by Crippen LogP contribution is -2.11. The minimum atomic E-state index is -0.317. The Kier molecular flexibility index (Phi) is 5.48. The van der Waals surface area contributed by atoms with Gasteiger partial charge < -0.3 is 10.6 Å². The molecule has 2 N–H and O–H groups in total. The fourth-order valence-electron chi connectivity index (χ4n) is 2.98. The minimum absolute atomic E-state index is 0.175. The summed E-state index contributed by atoms with van der Waals surface area (Å²) in [6.45, 7) is 1.98. The Balaban J connectivity index is 1.41. The maximum Gasteiger partial charge on any atom is 0.255 e.